The Labute approximate surface area is 675 Å². The second kappa shape index (κ2) is 43.6. The average Bonchev–Trinajstić information content (AvgIpc) is 1.74. The van der Waals surface area contributed by atoms with Gasteiger partial charge >= 0.3 is 18.0 Å². The van der Waals surface area contributed by atoms with E-state index in [9.17, 15) is 39.0 Å². The molecular formula is C82H144N10O20Si. The van der Waals surface area contributed by atoms with Crippen LogP contribution in [0.1, 0.15) is 230 Å². The number of carbonyl (C=O) groups is 5. The number of amides is 1. The van der Waals surface area contributed by atoms with Crippen LogP contribution in [0.15, 0.2) is 50.0 Å². The maximum absolute atomic E-state index is 14.3. The van der Waals surface area contributed by atoms with E-state index in [1.54, 1.807) is 82.6 Å². The summed E-state index contributed by atoms with van der Waals surface area (Å²) in [6.45, 7) is 49.3. The Kier molecular flexibility index (Phi) is 39.1. The predicted octanol–water partition coefficient (Wildman–Crippen LogP) is 14.9. The maximum Gasteiger partial charge on any atom is 0.410 e. The van der Waals surface area contributed by atoms with Gasteiger partial charge in [-0.2, -0.15) is 0 Å². The summed E-state index contributed by atoms with van der Waals surface area (Å²) < 4.78 is 75.4. The Balaban J connectivity index is 0.000000521. The Morgan fingerprint density at radius 1 is 0.690 bits per heavy atom. The van der Waals surface area contributed by atoms with Crippen molar-refractivity contribution in [2.45, 2.75) is 349 Å². The minimum Gasteiger partial charge on any atom is -0.456 e. The number of ether oxygens (including phenoxy) is 11. The standard InChI is InChI=1S/C39H71NO9Si.C38H65N5O10.C5H8N4O/c1-19-31(49-50(17,18)36(7,8)9)38(12,43)21-20-30(41)24(2)23-39(13,44-16)33(27(5)32-28(6)34(42)48-37(10,11)47-32)46-35-26(4)29(40(14)15)22-25(3)45-35;1-14-30(45)38(10)29(43(35(47)53-38)18-16-15-17-40-41-39)20-28(44)22(2)21-37(9,48-13)32(25(5)31-26(6)33(46)52-36(7,8)51-31)50-34-24(4)27(42(11)12)19-23(3)49-34;6-9-8-4-2-1-3-7-5-10/h20-21,24-27,29,31,33,35,43H,19,22-23H2,1-18H3;22-25,27,29-30,32,34,45H,14-21H2,1-13H3;1-4H2/b21-20+;;/t24-,25?,26?,27+,29?,31-,33-,35+,38+,39-;22-,23?,24?,25+,27?,29-,30-,32-,34+,37-,38+;/m11./s1. The van der Waals surface area contributed by atoms with Gasteiger partial charge < -0.3 is 81.4 Å². The van der Waals surface area contributed by atoms with Gasteiger partial charge in [0.25, 0.3) is 0 Å². The van der Waals surface area contributed by atoms with Crippen LogP contribution in [0.5, 0.6) is 0 Å². The number of hydrogen-bond donors (Lipinski definition) is 2. The lowest BCUT2D eigenvalue weighted by Crippen LogP contribution is -2.56. The highest BCUT2D eigenvalue weighted by Crippen LogP contribution is 2.46. The fourth-order valence-electron chi connectivity index (χ4n) is 15.6. The molecule has 0 saturated carbocycles. The van der Waals surface area contributed by atoms with Crippen molar-refractivity contribution in [3.63, 3.8) is 0 Å². The SMILES string of the molecule is CC[C@@H](O)[C@@]1(C)OC(=O)N(CCCCN=[N+]=[N-])[C@@H]1CC(=O)[C@H](C)C[C@@](C)(OC)[C@H](O[C@@H]1OC(C)CC(N(C)C)C1C)[C@@H](C)C1=C(C)C(=O)OC(C)(C)O1.CC[C@@H](O[Si](C)(C)C(C)(C)C)[C@@](C)(O)/C=C/C(=O)[C@H](C)C[C@@](C)(OC)[C@H](O[C@@H]1OC(C)CC(N(C)C)C1C)[C@@H](C)C1=C(C)C(=O)OC(C)(C)O1.[N-]=[N+]=NCCCCN=C=O. The molecule has 646 valence electrons. The normalized spacial score (nSPS) is 27.7. The molecule has 0 aliphatic carbocycles. The molecule has 3 saturated heterocycles. The van der Waals surface area contributed by atoms with E-state index in [2.05, 4.69) is 96.7 Å². The van der Waals surface area contributed by atoms with Crippen LogP contribution < -0.4 is 0 Å². The smallest absolute Gasteiger partial charge is 0.410 e. The van der Waals surface area contributed by atoms with E-state index in [-0.39, 0.29) is 85.1 Å². The number of Topliss-reactive ketones (excluding diaryl/α,β-unsaturated/α-hetero) is 1. The molecular weight excluding hydrogens is 1470 g/mol. The van der Waals surface area contributed by atoms with Crippen molar-refractivity contribution in [2.75, 3.05) is 68.6 Å². The summed E-state index contributed by atoms with van der Waals surface area (Å²) in [7, 11) is 9.22. The lowest BCUT2D eigenvalue weighted by atomic mass is 9.77. The number of rotatable bonds is 40. The summed E-state index contributed by atoms with van der Waals surface area (Å²) >= 11 is 0. The molecule has 0 bridgehead atoms. The Hall–Kier alpha value is -5.85. The fourth-order valence-corrected chi connectivity index (χ4v) is 17.1. The van der Waals surface area contributed by atoms with Crippen molar-refractivity contribution in [3.05, 3.63) is 55.7 Å². The van der Waals surface area contributed by atoms with Crippen LogP contribution in [-0.2, 0) is 80.5 Å². The van der Waals surface area contributed by atoms with E-state index in [0.29, 0.717) is 61.4 Å². The number of unbranched alkanes of at least 4 members (excludes halogenated alkanes) is 2. The summed E-state index contributed by atoms with van der Waals surface area (Å²) in [5.74, 6) is -4.85. The van der Waals surface area contributed by atoms with E-state index in [1.807, 2.05) is 76.4 Å². The molecule has 0 aromatic carbocycles. The molecule has 0 spiro atoms. The monoisotopic (exact) mass is 1620 g/mol. The predicted molar refractivity (Wildman–Crippen MR) is 433 cm³/mol. The van der Waals surface area contributed by atoms with Gasteiger partial charge in [0, 0.05) is 125 Å². The zero-order valence-electron chi connectivity index (χ0n) is 74.3. The van der Waals surface area contributed by atoms with Gasteiger partial charge in [0.2, 0.25) is 17.7 Å². The van der Waals surface area contributed by atoms with Crippen LogP contribution in [-0.4, -0.2) is 239 Å². The first-order valence-electron chi connectivity index (χ1n) is 40.4. The molecule has 113 heavy (non-hydrogen) atoms. The number of aliphatic imine (C=N–C) groups is 1. The number of carbonyl (C=O) groups excluding carboxylic acids is 6. The number of methoxy groups -OCH3 is 2. The molecule has 30 nitrogen and oxygen atoms in total. The fraction of sp³-hybridized carbons (Fsp3) is 0.854. The highest BCUT2D eigenvalue weighted by molar-refractivity contribution is 6.74. The number of cyclic esters (lactones) is 3. The number of azide groups is 2. The minimum atomic E-state index is -2.17. The van der Waals surface area contributed by atoms with E-state index in [1.165, 1.54) is 17.1 Å². The molecule has 0 radical (unpaired) electrons. The first kappa shape index (κ1) is 101. The van der Waals surface area contributed by atoms with E-state index >= 15 is 0 Å². The Morgan fingerprint density at radius 2 is 1.12 bits per heavy atom. The first-order chi connectivity index (χ1) is 52.2. The summed E-state index contributed by atoms with van der Waals surface area (Å²) in [4.78, 5) is 91.3. The molecule has 2 N–H and O–H groups in total. The van der Waals surface area contributed by atoms with E-state index in [0.717, 1.165) is 25.7 Å². The third-order valence-corrected chi connectivity index (χ3v) is 28.1. The third-order valence-electron chi connectivity index (χ3n) is 23.7. The number of nitrogens with zero attached hydrogens (tertiary/aromatic N) is 10. The van der Waals surface area contributed by atoms with Crippen LogP contribution in [0.25, 0.3) is 20.9 Å². The quantitative estimate of drug-likeness (QED) is 0.00550. The largest absolute Gasteiger partial charge is 0.456 e. The molecule has 5 aliphatic rings. The van der Waals surface area contributed by atoms with Crippen molar-refractivity contribution in [1.82, 2.24) is 14.7 Å². The zero-order chi connectivity index (χ0) is 86.5. The van der Waals surface area contributed by atoms with Crippen molar-refractivity contribution in [2.24, 2.45) is 50.7 Å². The van der Waals surface area contributed by atoms with Crippen LogP contribution in [0.4, 0.5) is 4.79 Å². The Bertz CT molecular complexity index is 3360. The lowest BCUT2D eigenvalue weighted by Gasteiger charge is -2.48. The van der Waals surface area contributed by atoms with Gasteiger partial charge in [-0.15, -0.1) is 0 Å². The van der Waals surface area contributed by atoms with E-state index < -0.39 is 127 Å². The number of aliphatic hydroxyl groups excluding tert-OH is 1. The molecule has 5 rings (SSSR count). The number of isocyanates is 1. The Morgan fingerprint density at radius 3 is 1.50 bits per heavy atom. The number of hydrogen-bond acceptors (Lipinski definition) is 25. The zero-order valence-corrected chi connectivity index (χ0v) is 75.3. The molecule has 5 heterocycles. The van der Waals surface area contributed by atoms with Gasteiger partial charge in [-0.05, 0) is 189 Å². The minimum absolute atomic E-state index is 0.0186. The van der Waals surface area contributed by atoms with Crippen LogP contribution >= 0.6 is 0 Å². The number of esters is 2. The number of allylic oxidation sites excluding steroid dienone is 1. The maximum atomic E-state index is 14.3. The second-order valence-electron chi connectivity index (χ2n) is 35.5. The molecule has 0 aromatic rings. The second-order valence-corrected chi connectivity index (χ2v) is 40.2. The van der Waals surface area contributed by atoms with Crippen molar-refractivity contribution in [3.8, 4) is 0 Å². The highest BCUT2D eigenvalue weighted by atomic mass is 28.4. The molecule has 3 fully saturated rings. The molecule has 31 heteroatoms. The molecule has 0 aromatic heterocycles. The highest BCUT2D eigenvalue weighted by Gasteiger charge is 2.57. The van der Waals surface area contributed by atoms with Gasteiger partial charge in [-0.1, -0.05) is 86.4 Å². The van der Waals surface area contributed by atoms with Crippen LogP contribution in [0, 0.1) is 35.5 Å². The van der Waals surface area contributed by atoms with Crippen LogP contribution in [0.3, 0.4) is 0 Å². The topological polar surface area (TPSA) is 373 Å². The molecule has 21 atom stereocenters. The summed E-state index contributed by atoms with van der Waals surface area (Å²) in [5, 5.41) is 29.4. The number of aliphatic hydroxyl groups is 2. The lowest BCUT2D eigenvalue weighted by molar-refractivity contribution is -0.285. The summed E-state index contributed by atoms with van der Waals surface area (Å²) in [6, 6.07) is -0.321. The average molecular weight is 1620 g/mol. The van der Waals surface area contributed by atoms with Crippen molar-refractivity contribution in [1.29, 1.82) is 0 Å². The first-order valence-corrected chi connectivity index (χ1v) is 43.3. The van der Waals surface area contributed by atoms with Gasteiger partial charge in [0.1, 0.15) is 22.9 Å². The number of ketones is 2. The van der Waals surface area contributed by atoms with Gasteiger partial charge in [-0.25, -0.2) is 24.2 Å². The summed E-state index contributed by atoms with van der Waals surface area (Å²) in [6.07, 6.45) is 5.34. The third kappa shape index (κ3) is 27.9. The van der Waals surface area contributed by atoms with Crippen molar-refractivity contribution < 1.29 is 95.5 Å². The van der Waals surface area contributed by atoms with E-state index in [4.69, 9.17) is 67.6 Å². The molecule has 1 amide bonds. The van der Waals surface area contributed by atoms with Crippen LogP contribution in [0.2, 0.25) is 18.1 Å². The summed E-state index contributed by atoms with van der Waals surface area (Å²) in [5.41, 5.74) is 12.4. The molecule has 5 aliphatic heterocycles. The van der Waals surface area contributed by atoms with Gasteiger partial charge in [-0.3, -0.25) is 9.59 Å². The molecule has 6 unspecified atom stereocenters. The van der Waals surface area contributed by atoms with Gasteiger partial charge in [0.05, 0.1) is 71.6 Å². The van der Waals surface area contributed by atoms with Gasteiger partial charge in [0.15, 0.2) is 32.3 Å². The van der Waals surface area contributed by atoms with Crippen molar-refractivity contribution >= 4 is 44.0 Å².